The number of hydrogen-bond acceptors (Lipinski definition) is 2. The molecule has 1 N–H and O–H groups in total. The van der Waals surface area contributed by atoms with E-state index in [1.807, 2.05) is 16.9 Å². The van der Waals surface area contributed by atoms with Gasteiger partial charge in [-0.15, -0.1) is 0 Å². The first-order chi connectivity index (χ1) is 9.53. The van der Waals surface area contributed by atoms with Gasteiger partial charge in [0, 0.05) is 24.1 Å². The van der Waals surface area contributed by atoms with Crippen LogP contribution in [0.3, 0.4) is 0 Å². The molecule has 3 heteroatoms. The lowest BCUT2D eigenvalue weighted by atomic mass is 9.91. The van der Waals surface area contributed by atoms with E-state index in [0.29, 0.717) is 11.5 Å². The molecular weight excluding hydrogens is 246 g/mol. The number of nitrogens with one attached hydrogen (secondary N) is 1. The van der Waals surface area contributed by atoms with Crippen molar-refractivity contribution in [1.29, 1.82) is 0 Å². The first-order valence-electron chi connectivity index (χ1n) is 7.40. The van der Waals surface area contributed by atoms with Gasteiger partial charge in [-0.25, -0.2) is 4.68 Å². The highest BCUT2D eigenvalue weighted by atomic mass is 15.3. The SMILES string of the molecule is CC1CC(C)(C)CC1Nc1ccc(-n2cccn2)cc1. The van der Waals surface area contributed by atoms with Crippen LogP contribution in [0.25, 0.3) is 5.69 Å². The van der Waals surface area contributed by atoms with Crippen LogP contribution >= 0.6 is 0 Å². The normalized spacial score (nSPS) is 24.8. The molecule has 1 aromatic heterocycles. The lowest BCUT2D eigenvalue weighted by molar-refractivity contribution is 0.366. The molecule has 1 aliphatic rings. The molecule has 1 saturated carbocycles. The summed E-state index contributed by atoms with van der Waals surface area (Å²) in [6, 6.07) is 11.0. The average molecular weight is 269 g/mol. The van der Waals surface area contributed by atoms with E-state index in [1.54, 1.807) is 6.20 Å². The molecule has 3 rings (SSSR count). The predicted molar refractivity (Wildman–Crippen MR) is 83.2 cm³/mol. The van der Waals surface area contributed by atoms with E-state index in [1.165, 1.54) is 18.5 Å². The van der Waals surface area contributed by atoms with Gasteiger partial charge in [-0.05, 0) is 54.5 Å². The van der Waals surface area contributed by atoms with Crippen LogP contribution in [0.4, 0.5) is 5.69 Å². The first-order valence-corrected chi connectivity index (χ1v) is 7.40. The van der Waals surface area contributed by atoms with E-state index in [9.17, 15) is 0 Å². The summed E-state index contributed by atoms with van der Waals surface area (Å²) in [5, 5.41) is 7.94. The van der Waals surface area contributed by atoms with Gasteiger partial charge in [-0.1, -0.05) is 20.8 Å². The Labute approximate surface area is 121 Å². The van der Waals surface area contributed by atoms with E-state index in [-0.39, 0.29) is 0 Å². The second kappa shape index (κ2) is 4.97. The number of benzene rings is 1. The Morgan fingerprint density at radius 2 is 1.95 bits per heavy atom. The van der Waals surface area contributed by atoms with Crippen molar-refractivity contribution < 1.29 is 0 Å². The van der Waals surface area contributed by atoms with Gasteiger partial charge < -0.3 is 5.32 Å². The summed E-state index contributed by atoms with van der Waals surface area (Å²) in [6.07, 6.45) is 6.31. The zero-order chi connectivity index (χ0) is 14.2. The highest BCUT2D eigenvalue weighted by Crippen LogP contribution is 2.42. The minimum absolute atomic E-state index is 0.464. The van der Waals surface area contributed by atoms with Crippen molar-refractivity contribution in [3.63, 3.8) is 0 Å². The first kappa shape index (κ1) is 13.2. The van der Waals surface area contributed by atoms with Crippen LogP contribution in [0.2, 0.25) is 0 Å². The highest BCUT2D eigenvalue weighted by molar-refractivity contribution is 5.49. The third-order valence-electron chi connectivity index (χ3n) is 4.32. The molecule has 0 saturated heterocycles. The van der Waals surface area contributed by atoms with Crippen molar-refractivity contribution in [1.82, 2.24) is 9.78 Å². The Balaban J connectivity index is 1.70. The lowest BCUT2D eigenvalue weighted by Gasteiger charge is -2.20. The summed E-state index contributed by atoms with van der Waals surface area (Å²) < 4.78 is 1.88. The summed E-state index contributed by atoms with van der Waals surface area (Å²) in [4.78, 5) is 0. The van der Waals surface area contributed by atoms with Gasteiger partial charge in [0.05, 0.1) is 5.69 Å². The zero-order valence-corrected chi connectivity index (χ0v) is 12.5. The molecule has 3 nitrogen and oxygen atoms in total. The molecule has 1 fully saturated rings. The Bertz CT molecular complexity index is 554. The number of nitrogens with zero attached hydrogens (tertiary/aromatic N) is 2. The molecule has 0 amide bonds. The minimum atomic E-state index is 0.464. The van der Waals surface area contributed by atoms with Gasteiger partial charge in [0.1, 0.15) is 0 Å². The third-order valence-corrected chi connectivity index (χ3v) is 4.32. The van der Waals surface area contributed by atoms with E-state index < -0.39 is 0 Å². The second-order valence-electron chi connectivity index (χ2n) is 6.80. The van der Waals surface area contributed by atoms with Crippen LogP contribution in [0.1, 0.15) is 33.6 Å². The van der Waals surface area contributed by atoms with Crippen LogP contribution in [-0.4, -0.2) is 15.8 Å². The number of anilines is 1. The van der Waals surface area contributed by atoms with Crippen LogP contribution < -0.4 is 5.32 Å². The Morgan fingerprint density at radius 3 is 2.50 bits per heavy atom. The lowest BCUT2D eigenvalue weighted by Crippen LogP contribution is -2.22. The van der Waals surface area contributed by atoms with Crippen LogP contribution in [-0.2, 0) is 0 Å². The standard InChI is InChI=1S/C17H23N3/c1-13-11-17(2,3)12-16(13)19-14-5-7-15(8-6-14)20-10-4-9-18-20/h4-10,13,16,19H,11-12H2,1-3H3. The van der Waals surface area contributed by atoms with E-state index in [2.05, 4.69) is 55.5 Å². The van der Waals surface area contributed by atoms with Crippen molar-refractivity contribution in [3.8, 4) is 5.69 Å². The molecule has 1 aromatic carbocycles. The molecule has 1 heterocycles. The van der Waals surface area contributed by atoms with Crippen molar-refractivity contribution in [3.05, 3.63) is 42.7 Å². The van der Waals surface area contributed by atoms with Crippen LogP contribution in [0.5, 0.6) is 0 Å². The largest absolute Gasteiger partial charge is 0.382 e. The van der Waals surface area contributed by atoms with Gasteiger partial charge in [0.2, 0.25) is 0 Å². The van der Waals surface area contributed by atoms with E-state index in [4.69, 9.17) is 0 Å². The summed E-state index contributed by atoms with van der Waals surface area (Å²) in [7, 11) is 0. The summed E-state index contributed by atoms with van der Waals surface area (Å²) >= 11 is 0. The van der Waals surface area contributed by atoms with Crippen LogP contribution in [0, 0.1) is 11.3 Å². The molecule has 0 spiro atoms. The van der Waals surface area contributed by atoms with Gasteiger partial charge in [-0.2, -0.15) is 5.10 Å². The monoisotopic (exact) mass is 269 g/mol. The molecule has 0 radical (unpaired) electrons. The topological polar surface area (TPSA) is 29.9 Å². The van der Waals surface area contributed by atoms with Gasteiger partial charge in [-0.3, -0.25) is 0 Å². The number of aromatic nitrogens is 2. The van der Waals surface area contributed by atoms with Crippen molar-refractivity contribution >= 4 is 5.69 Å². The minimum Gasteiger partial charge on any atom is -0.382 e. The Hall–Kier alpha value is -1.77. The van der Waals surface area contributed by atoms with Crippen molar-refractivity contribution in [2.75, 3.05) is 5.32 Å². The number of rotatable bonds is 3. The number of hydrogen-bond donors (Lipinski definition) is 1. The molecule has 2 atom stereocenters. The molecule has 0 bridgehead atoms. The molecular formula is C17H23N3. The van der Waals surface area contributed by atoms with Crippen molar-refractivity contribution in [2.24, 2.45) is 11.3 Å². The molecule has 2 unspecified atom stereocenters. The molecule has 0 aliphatic heterocycles. The maximum atomic E-state index is 4.25. The maximum absolute atomic E-state index is 4.25. The fourth-order valence-electron chi connectivity index (χ4n) is 3.43. The smallest absolute Gasteiger partial charge is 0.0647 e. The van der Waals surface area contributed by atoms with Crippen molar-refractivity contribution in [2.45, 2.75) is 39.7 Å². The van der Waals surface area contributed by atoms with E-state index >= 15 is 0 Å². The quantitative estimate of drug-likeness (QED) is 0.908. The van der Waals surface area contributed by atoms with E-state index in [0.717, 1.165) is 11.6 Å². The average Bonchev–Trinajstić information content (AvgIpc) is 2.99. The molecule has 106 valence electrons. The molecule has 1 aliphatic carbocycles. The third kappa shape index (κ3) is 2.72. The Kier molecular flexibility index (Phi) is 3.28. The fourth-order valence-corrected chi connectivity index (χ4v) is 3.43. The Morgan fingerprint density at radius 1 is 1.20 bits per heavy atom. The maximum Gasteiger partial charge on any atom is 0.0647 e. The van der Waals surface area contributed by atoms with Gasteiger partial charge in [0.15, 0.2) is 0 Å². The predicted octanol–water partition coefficient (Wildman–Crippen LogP) is 4.11. The summed E-state index contributed by atoms with van der Waals surface area (Å²) in [5.74, 6) is 0.732. The summed E-state index contributed by atoms with van der Waals surface area (Å²) in [6.45, 7) is 7.09. The zero-order valence-electron chi connectivity index (χ0n) is 12.5. The second-order valence-corrected chi connectivity index (χ2v) is 6.80. The van der Waals surface area contributed by atoms with Gasteiger partial charge in [0.25, 0.3) is 0 Å². The summed E-state index contributed by atoms with van der Waals surface area (Å²) in [5.41, 5.74) is 2.77. The van der Waals surface area contributed by atoms with Crippen LogP contribution in [0.15, 0.2) is 42.7 Å². The molecule has 2 aromatic rings. The highest BCUT2D eigenvalue weighted by Gasteiger charge is 2.36. The molecule has 20 heavy (non-hydrogen) atoms. The fraction of sp³-hybridized carbons (Fsp3) is 0.471. The van der Waals surface area contributed by atoms with Gasteiger partial charge >= 0.3 is 0 Å².